The Balaban J connectivity index is 2.18. The number of aryl methyl sites for hydroxylation is 1. The van der Waals surface area contributed by atoms with Crippen LogP contribution in [0.25, 0.3) is 0 Å². The molecule has 1 amide bonds. The van der Waals surface area contributed by atoms with E-state index in [1.807, 2.05) is 31.2 Å². The number of aliphatic carboxylic acids is 1. The molecule has 0 saturated carbocycles. The Hall–Kier alpha value is -2.34. The van der Waals surface area contributed by atoms with Gasteiger partial charge in [0.05, 0.1) is 5.56 Å². The van der Waals surface area contributed by atoms with Gasteiger partial charge >= 0.3 is 5.97 Å². The molecule has 0 saturated heterocycles. The van der Waals surface area contributed by atoms with Gasteiger partial charge < -0.3 is 10.4 Å². The van der Waals surface area contributed by atoms with Crippen LogP contribution in [-0.4, -0.2) is 28.5 Å². The quantitative estimate of drug-likeness (QED) is 0.886. The first kappa shape index (κ1) is 15.1. The number of carboxylic acid groups (broad SMARTS) is 1. The van der Waals surface area contributed by atoms with Gasteiger partial charge in [0.2, 0.25) is 0 Å². The molecule has 1 heterocycles. The Kier molecular flexibility index (Phi) is 4.94. The Morgan fingerprint density at radius 1 is 1.24 bits per heavy atom. The second-order valence-electron chi connectivity index (χ2n) is 4.35. The van der Waals surface area contributed by atoms with Crippen LogP contribution in [0.3, 0.4) is 0 Å². The molecule has 0 aliphatic rings. The van der Waals surface area contributed by atoms with Crippen LogP contribution in [0.5, 0.6) is 0 Å². The molecule has 1 aromatic carbocycles. The third-order valence-electron chi connectivity index (χ3n) is 2.65. The Bertz CT molecular complexity index is 656. The van der Waals surface area contributed by atoms with Crippen LogP contribution < -0.4 is 5.32 Å². The van der Waals surface area contributed by atoms with Crippen LogP contribution in [-0.2, 0) is 4.79 Å². The maximum absolute atomic E-state index is 12.0. The topological polar surface area (TPSA) is 79.3 Å². The highest BCUT2D eigenvalue weighted by atomic mass is 32.2. The lowest BCUT2D eigenvalue weighted by Gasteiger charge is -2.08. The highest BCUT2D eigenvalue weighted by Crippen LogP contribution is 2.28. The summed E-state index contributed by atoms with van der Waals surface area (Å²) >= 11 is 1.37. The van der Waals surface area contributed by atoms with Gasteiger partial charge in [0.15, 0.2) is 0 Å². The van der Waals surface area contributed by atoms with E-state index in [2.05, 4.69) is 10.3 Å². The highest BCUT2D eigenvalue weighted by Gasteiger charge is 2.14. The van der Waals surface area contributed by atoms with Gasteiger partial charge in [0.1, 0.15) is 11.6 Å². The SMILES string of the molecule is Cc1ccc(Sc2ncccc2C(=O)NCC(=O)O)cc1. The van der Waals surface area contributed by atoms with Crippen LogP contribution in [0.15, 0.2) is 52.5 Å². The Labute approximate surface area is 126 Å². The third-order valence-corrected chi connectivity index (χ3v) is 3.68. The molecular formula is C15H14N2O3S. The maximum atomic E-state index is 12.0. The molecule has 2 aromatic rings. The summed E-state index contributed by atoms with van der Waals surface area (Å²) in [6, 6.07) is 11.1. The summed E-state index contributed by atoms with van der Waals surface area (Å²) in [6.07, 6.45) is 1.60. The molecule has 0 fully saturated rings. The molecule has 1 aromatic heterocycles. The molecule has 21 heavy (non-hydrogen) atoms. The summed E-state index contributed by atoms with van der Waals surface area (Å²) in [4.78, 5) is 27.7. The van der Waals surface area contributed by atoms with Gasteiger partial charge in [-0.3, -0.25) is 9.59 Å². The minimum Gasteiger partial charge on any atom is -0.480 e. The number of aromatic nitrogens is 1. The summed E-state index contributed by atoms with van der Waals surface area (Å²) in [5.74, 6) is -1.53. The predicted molar refractivity (Wildman–Crippen MR) is 79.5 cm³/mol. The van der Waals surface area contributed by atoms with E-state index >= 15 is 0 Å². The lowest BCUT2D eigenvalue weighted by Crippen LogP contribution is -2.29. The van der Waals surface area contributed by atoms with Crippen molar-refractivity contribution in [3.63, 3.8) is 0 Å². The minimum absolute atomic E-state index is 0.365. The molecule has 0 aliphatic heterocycles. The first-order chi connectivity index (χ1) is 10.1. The highest BCUT2D eigenvalue weighted by molar-refractivity contribution is 7.99. The summed E-state index contributed by atoms with van der Waals surface area (Å²) in [5.41, 5.74) is 1.52. The fourth-order valence-electron chi connectivity index (χ4n) is 1.61. The number of hydrogen-bond donors (Lipinski definition) is 2. The van der Waals surface area contributed by atoms with Crippen molar-refractivity contribution in [3.05, 3.63) is 53.7 Å². The van der Waals surface area contributed by atoms with Crippen LogP contribution in [0.2, 0.25) is 0 Å². The van der Waals surface area contributed by atoms with Crippen molar-refractivity contribution in [2.24, 2.45) is 0 Å². The zero-order valence-electron chi connectivity index (χ0n) is 11.4. The number of rotatable bonds is 5. The van der Waals surface area contributed by atoms with Crippen molar-refractivity contribution in [1.29, 1.82) is 0 Å². The zero-order valence-corrected chi connectivity index (χ0v) is 12.2. The van der Waals surface area contributed by atoms with Crippen LogP contribution >= 0.6 is 11.8 Å². The standard InChI is InChI=1S/C15H14N2O3S/c1-10-4-6-11(7-5-10)21-15-12(3-2-8-16-15)14(20)17-9-13(18)19/h2-8H,9H2,1H3,(H,17,20)(H,18,19). The van der Waals surface area contributed by atoms with Gasteiger partial charge in [-0.1, -0.05) is 29.5 Å². The fourth-order valence-corrected chi connectivity index (χ4v) is 2.49. The van der Waals surface area contributed by atoms with E-state index in [-0.39, 0.29) is 0 Å². The molecule has 0 aliphatic carbocycles. The molecule has 0 spiro atoms. The number of carbonyl (C=O) groups excluding carboxylic acids is 1. The third kappa shape index (κ3) is 4.32. The molecule has 0 unspecified atom stereocenters. The van der Waals surface area contributed by atoms with Crippen molar-refractivity contribution in [3.8, 4) is 0 Å². The van der Waals surface area contributed by atoms with Gasteiger partial charge in [-0.2, -0.15) is 0 Å². The van der Waals surface area contributed by atoms with E-state index < -0.39 is 18.4 Å². The van der Waals surface area contributed by atoms with Crippen molar-refractivity contribution in [1.82, 2.24) is 10.3 Å². The number of carboxylic acids is 1. The average Bonchev–Trinajstić information content (AvgIpc) is 2.48. The van der Waals surface area contributed by atoms with Crippen molar-refractivity contribution < 1.29 is 14.7 Å². The fraction of sp³-hybridized carbons (Fsp3) is 0.133. The van der Waals surface area contributed by atoms with Crippen molar-refractivity contribution >= 4 is 23.6 Å². The van der Waals surface area contributed by atoms with Gasteiger partial charge in [-0.25, -0.2) is 4.98 Å². The van der Waals surface area contributed by atoms with Gasteiger partial charge in [0, 0.05) is 11.1 Å². The van der Waals surface area contributed by atoms with E-state index in [1.54, 1.807) is 18.3 Å². The number of nitrogens with one attached hydrogen (secondary N) is 1. The maximum Gasteiger partial charge on any atom is 0.322 e. The van der Waals surface area contributed by atoms with Gasteiger partial charge in [0.25, 0.3) is 5.91 Å². The zero-order chi connectivity index (χ0) is 15.2. The number of nitrogens with zero attached hydrogens (tertiary/aromatic N) is 1. The van der Waals surface area contributed by atoms with E-state index in [0.29, 0.717) is 10.6 Å². The molecule has 108 valence electrons. The number of carbonyl (C=O) groups is 2. The lowest BCUT2D eigenvalue weighted by atomic mass is 10.2. The molecule has 6 heteroatoms. The molecule has 2 rings (SSSR count). The molecule has 0 atom stereocenters. The van der Waals surface area contributed by atoms with E-state index in [4.69, 9.17) is 5.11 Å². The van der Waals surface area contributed by atoms with Gasteiger partial charge in [-0.05, 0) is 31.2 Å². The predicted octanol–water partition coefficient (Wildman–Crippen LogP) is 2.36. The van der Waals surface area contributed by atoms with Gasteiger partial charge in [-0.15, -0.1) is 0 Å². The first-order valence-electron chi connectivity index (χ1n) is 6.26. The van der Waals surface area contributed by atoms with E-state index in [0.717, 1.165) is 10.5 Å². The number of pyridine rings is 1. The van der Waals surface area contributed by atoms with Crippen molar-refractivity contribution in [2.45, 2.75) is 16.8 Å². The minimum atomic E-state index is -1.08. The number of amides is 1. The second-order valence-corrected chi connectivity index (χ2v) is 5.41. The summed E-state index contributed by atoms with van der Waals surface area (Å²) < 4.78 is 0. The number of benzene rings is 1. The Morgan fingerprint density at radius 3 is 2.62 bits per heavy atom. The largest absolute Gasteiger partial charge is 0.480 e. The molecule has 5 nitrogen and oxygen atoms in total. The lowest BCUT2D eigenvalue weighted by molar-refractivity contribution is -0.135. The smallest absolute Gasteiger partial charge is 0.322 e. The first-order valence-corrected chi connectivity index (χ1v) is 7.07. The Morgan fingerprint density at radius 2 is 1.95 bits per heavy atom. The molecular weight excluding hydrogens is 288 g/mol. The van der Waals surface area contributed by atoms with Crippen LogP contribution in [0.1, 0.15) is 15.9 Å². The monoisotopic (exact) mass is 302 g/mol. The van der Waals surface area contributed by atoms with E-state index in [9.17, 15) is 9.59 Å². The van der Waals surface area contributed by atoms with Crippen LogP contribution in [0.4, 0.5) is 0 Å². The van der Waals surface area contributed by atoms with E-state index in [1.165, 1.54) is 11.8 Å². The molecule has 0 radical (unpaired) electrons. The van der Waals surface area contributed by atoms with Crippen molar-refractivity contribution in [2.75, 3.05) is 6.54 Å². The number of hydrogen-bond acceptors (Lipinski definition) is 4. The second kappa shape index (κ2) is 6.90. The summed E-state index contributed by atoms with van der Waals surface area (Å²) in [7, 11) is 0. The molecule has 2 N–H and O–H groups in total. The summed E-state index contributed by atoms with van der Waals surface area (Å²) in [5, 5.41) is 11.5. The van der Waals surface area contributed by atoms with Crippen LogP contribution in [0, 0.1) is 6.92 Å². The normalized spacial score (nSPS) is 10.1. The summed E-state index contributed by atoms with van der Waals surface area (Å²) in [6.45, 7) is 1.59. The molecule has 0 bridgehead atoms. The average molecular weight is 302 g/mol.